The number of ether oxygens (including phenoxy) is 1. The van der Waals surface area contributed by atoms with Crippen molar-refractivity contribution in [3.8, 4) is 5.75 Å². The molecule has 0 aliphatic heterocycles. The van der Waals surface area contributed by atoms with E-state index in [2.05, 4.69) is 38.2 Å². The quantitative estimate of drug-likeness (QED) is 0.876. The summed E-state index contributed by atoms with van der Waals surface area (Å²) in [5, 5.41) is 4.33. The van der Waals surface area contributed by atoms with Crippen LogP contribution < -0.4 is 10.1 Å². The van der Waals surface area contributed by atoms with Crippen molar-refractivity contribution in [1.29, 1.82) is 0 Å². The summed E-state index contributed by atoms with van der Waals surface area (Å²) in [6.07, 6.45) is 0. The first-order valence-corrected chi connectivity index (χ1v) is 6.13. The van der Waals surface area contributed by atoms with E-state index in [0.717, 1.165) is 28.0 Å². The van der Waals surface area contributed by atoms with Gasteiger partial charge in [0, 0.05) is 29.2 Å². The Balaban J connectivity index is 2.80. The van der Waals surface area contributed by atoms with Gasteiger partial charge in [-0.1, -0.05) is 32.9 Å². The van der Waals surface area contributed by atoms with E-state index >= 15 is 0 Å². The number of para-hydroxylation sites is 1. The van der Waals surface area contributed by atoms with E-state index < -0.39 is 0 Å². The fourth-order valence-electron chi connectivity index (χ4n) is 1.98. The first-order chi connectivity index (χ1) is 8.47. The molecule has 1 N–H and O–H groups in total. The SMILES string of the molecule is CNc1cc(C(C)(C)C)nc2c(OC)cccc12. The number of methoxy groups -OCH3 is 1. The Morgan fingerprint density at radius 1 is 1.22 bits per heavy atom. The van der Waals surface area contributed by atoms with Crippen molar-refractivity contribution in [2.24, 2.45) is 0 Å². The van der Waals surface area contributed by atoms with Gasteiger partial charge in [0.15, 0.2) is 0 Å². The van der Waals surface area contributed by atoms with Crippen LogP contribution in [0.5, 0.6) is 5.75 Å². The van der Waals surface area contributed by atoms with Crippen molar-refractivity contribution in [2.45, 2.75) is 26.2 Å². The molecule has 0 unspecified atom stereocenters. The maximum atomic E-state index is 5.40. The van der Waals surface area contributed by atoms with E-state index in [4.69, 9.17) is 9.72 Å². The van der Waals surface area contributed by atoms with Crippen molar-refractivity contribution >= 4 is 16.6 Å². The molecule has 0 aliphatic carbocycles. The molecule has 18 heavy (non-hydrogen) atoms. The van der Waals surface area contributed by atoms with E-state index in [1.54, 1.807) is 7.11 Å². The molecule has 0 saturated carbocycles. The molecular weight excluding hydrogens is 224 g/mol. The Morgan fingerprint density at radius 3 is 2.50 bits per heavy atom. The van der Waals surface area contributed by atoms with Gasteiger partial charge in [0.05, 0.1) is 7.11 Å². The van der Waals surface area contributed by atoms with Crippen molar-refractivity contribution in [3.05, 3.63) is 30.0 Å². The lowest BCUT2D eigenvalue weighted by molar-refractivity contribution is 0.418. The molecule has 3 nitrogen and oxygen atoms in total. The third kappa shape index (κ3) is 2.13. The highest BCUT2D eigenvalue weighted by atomic mass is 16.5. The summed E-state index contributed by atoms with van der Waals surface area (Å²) < 4.78 is 5.40. The van der Waals surface area contributed by atoms with E-state index in [0.29, 0.717) is 0 Å². The molecule has 0 amide bonds. The van der Waals surface area contributed by atoms with Crippen molar-refractivity contribution in [1.82, 2.24) is 4.98 Å². The highest BCUT2D eigenvalue weighted by molar-refractivity contribution is 5.95. The number of nitrogens with one attached hydrogen (secondary N) is 1. The molecular formula is C15H20N2O. The molecule has 1 heterocycles. The molecule has 0 radical (unpaired) electrons. The first-order valence-electron chi connectivity index (χ1n) is 6.13. The number of nitrogens with zero attached hydrogens (tertiary/aromatic N) is 1. The predicted molar refractivity (Wildman–Crippen MR) is 76.5 cm³/mol. The van der Waals surface area contributed by atoms with Crippen LogP contribution in [-0.2, 0) is 5.41 Å². The van der Waals surface area contributed by atoms with Crippen molar-refractivity contribution in [3.63, 3.8) is 0 Å². The summed E-state index contributed by atoms with van der Waals surface area (Å²) in [5.74, 6) is 0.815. The zero-order valence-corrected chi connectivity index (χ0v) is 11.7. The van der Waals surface area contributed by atoms with Crippen LogP contribution >= 0.6 is 0 Å². The van der Waals surface area contributed by atoms with Gasteiger partial charge < -0.3 is 10.1 Å². The van der Waals surface area contributed by atoms with E-state index in [1.165, 1.54) is 0 Å². The van der Waals surface area contributed by atoms with Gasteiger partial charge in [0.2, 0.25) is 0 Å². The molecule has 96 valence electrons. The number of aromatic nitrogens is 1. The smallest absolute Gasteiger partial charge is 0.145 e. The maximum Gasteiger partial charge on any atom is 0.145 e. The van der Waals surface area contributed by atoms with E-state index in [-0.39, 0.29) is 5.41 Å². The van der Waals surface area contributed by atoms with Crippen LogP contribution in [0, 0.1) is 0 Å². The van der Waals surface area contributed by atoms with Crippen LogP contribution in [0.15, 0.2) is 24.3 Å². The Labute approximate surface area is 108 Å². The number of fused-ring (bicyclic) bond motifs is 1. The average molecular weight is 244 g/mol. The Bertz CT molecular complexity index is 570. The lowest BCUT2D eigenvalue weighted by Crippen LogP contribution is -2.14. The van der Waals surface area contributed by atoms with Gasteiger partial charge in [-0.15, -0.1) is 0 Å². The van der Waals surface area contributed by atoms with Gasteiger partial charge in [0.25, 0.3) is 0 Å². The zero-order chi connectivity index (χ0) is 13.3. The van der Waals surface area contributed by atoms with Gasteiger partial charge >= 0.3 is 0 Å². The van der Waals surface area contributed by atoms with Crippen molar-refractivity contribution < 1.29 is 4.74 Å². The van der Waals surface area contributed by atoms with Crippen LogP contribution in [0.3, 0.4) is 0 Å². The predicted octanol–water partition coefficient (Wildman–Crippen LogP) is 3.58. The maximum absolute atomic E-state index is 5.40. The zero-order valence-electron chi connectivity index (χ0n) is 11.7. The number of hydrogen-bond acceptors (Lipinski definition) is 3. The molecule has 2 rings (SSSR count). The molecule has 0 atom stereocenters. The van der Waals surface area contributed by atoms with E-state index in [1.807, 2.05) is 19.2 Å². The third-order valence-corrected chi connectivity index (χ3v) is 3.06. The largest absolute Gasteiger partial charge is 0.494 e. The molecule has 3 heteroatoms. The summed E-state index contributed by atoms with van der Waals surface area (Å²) in [7, 11) is 3.61. The van der Waals surface area contributed by atoms with Gasteiger partial charge in [-0.05, 0) is 12.1 Å². The second kappa shape index (κ2) is 4.48. The minimum absolute atomic E-state index is 0.0145. The van der Waals surface area contributed by atoms with Crippen molar-refractivity contribution in [2.75, 3.05) is 19.5 Å². The molecule has 0 spiro atoms. The van der Waals surface area contributed by atoms with Gasteiger partial charge in [-0.3, -0.25) is 0 Å². The molecule has 1 aromatic carbocycles. The minimum atomic E-state index is 0.0145. The Hall–Kier alpha value is -1.77. The second-order valence-corrected chi connectivity index (χ2v) is 5.41. The topological polar surface area (TPSA) is 34.2 Å². The fraction of sp³-hybridized carbons (Fsp3) is 0.400. The molecule has 2 aromatic rings. The first kappa shape index (κ1) is 12.7. The molecule has 0 fully saturated rings. The monoisotopic (exact) mass is 244 g/mol. The number of hydrogen-bond donors (Lipinski definition) is 1. The van der Waals surface area contributed by atoms with E-state index in [9.17, 15) is 0 Å². The Kier molecular flexibility index (Phi) is 3.16. The molecule has 0 saturated heterocycles. The molecule has 0 aliphatic rings. The van der Waals surface area contributed by atoms with Crippen LogP contribution in [0.1, 0.15) is 26.5 Å². The summed E-state index contributed by atoms with van der Waals surface area (Å²) >= 11 is 0. The standard InChI is InChI=1S/C15H20N2O/c1-15(2,3)13-9-11(16-4)10-7-6-8-12(18-5)14(10)17-13/h6-9H,1-5H3,(H,16,17). The fourth-order valence-corrected chi connectivity index (χ4v) is 1.98. The third-order valence-electron chi connectivity index (χ3n) is 3.06. The lowest BCUT2D eigenvalue weighted by Gasteiger charge is -2.20. The summed E-state index contributed by atoms with van der Waals surface area (Å²) in [5.41, 5.74) is 3.07. The summed E-state index contributed by atoms with van der Waals surface area (Å²) in [4.78, 5) is 4.76. The number of pyridine rings is 1. The number of anilines is 1. The highest BCUT2D eigenvalue weighted by Gasteiger charge is 2.18. The summed E-state index contributed by atoms with van der Waals surface area (Å²) in [6.45, 7) is 6.49. The van der Waals surface area contributed by atoms with Crippen LogP contribution in [-0.4, -0.2) is 19.1 Å². The number of benzene rings is 1. The van der Waals surface area contributed by atoms with Crippen LogP contribution in [0.4, 0.5) is 5.69 Å². The number of rotatable bonds is 2. The second-order valence-electron chi connectivity index (χ2n) is 5.41. The van der Waals surface area contributed by atoms with Gasteiger partial charge in [-0.25, -0.2) is 4.98 Å². The normalized spacial score (nSPS) is 11.6. The van der Waals surface area contributed by atoms with Crippen LogP contribution in [0.25, 0.3) is 10.9 Å². The highest BCUT2D eigenvalue weighted by Crippen LogP contribution is 2.33. The van der Waals surface area contributed by atoms with Gasteiger partial charge in [0.1, 0.15) is 11.3 Å². The molecule has 0 bridgehead atoms. The summed E-state index contributed by atoms with van der Waals surface area (Å²) in [6, 6.07) is 8.10. The minimum Gasteiger partial charge on any atom is -0.494 e. The average Bonchev–Trinajstić information content (AvgIpc) is 2.35. The van der Waals surface area contributed by atoms with Gasteiger partial charge in [-0.2, -0.15) is 0 Å². The Morgan fingerprint density at radius 2 is 1.94 bits per heavy atom. The molecule has 1 aromatic heterocycles. The van der Waals surface area contributed by atoms with Crippen LogP contribution in [0.2, 0.25) is 0 Å². The lowest BCUT2D eigenvalue weighted by atomic mass is 9.90.